The number of hydrogen-bond acceptors (Lipinski definition) is 6. The van der Waals surface area contributed by atoms with Gasteiger partial charge in [-0.15, -0.1) is 11.3 Å². The minimum atomic E-state index is -3.75. The molecule has 0 aliphatic carbocycles. The largest absolute Gasteiger partial charge is 0.468 e. The van der Waals surface area contributed by atoms with E-state index in [1.807, 2.05) is 6.92 Å². The molecule has 2 aromatic carbocycles. The molecular weight excluding hydrogens is 465 g/mol. The van der Waals surface area contributed by atoms with Crippen LogP contribution in [-0.2, 0) is 23.0 Å². The van der Waals surface area contributed by atoms with Crippen LogP contribution in [-0.4, -0.2) is 19.3 Å². The highest BCUT2D eigenvalue weighted by Crippen LogP contribution is 2.26. The van der Waals surface area contributed by atoms with Gasteiger partial charge in [-0.1, -0.05) is 12.1 Å². The Kier molecular flexibility index (Phi) is 6.68. The van der Waals surface area contributed by atoms with Gasteiger partial charge in [-0.3, -0.25) is 10.1 Å². The van der Waals surface area contributed by atoms with E-state index in [1.54, 1.807) is 24.3 Å². The van der Waals surface area contributed by atoms with Crippen LogP contribution in [0.2, 0.25) is 0 Å². The maximum Gasteiger partial charge on any atom is 0.257 e. The highest BCUT2D eigenvalue weighted by atomic mass is 32.2. The first kappa shape index (κ1) is 22.8. The van der Waals surface area contributed by atoms with Crippen molar-refractivity contribution in [2.24, 2.45) is 0 Å². The van der Waals surface area contributed by atoms with Gasteiger partial charge in [0.25, 0.3) is 5.91 Å². The van der Waals surface area contributed by atoms with Crippen molar-refractivity contribution in [1.82, 2.24) is 9.71 Å². The second-order valence-corrected chi connectivity index (χ2v) is 10.1. The van der Waals surface area contributed by atoms with Gasteiger partial charge in [0.05, 0.1) is 23.4 Å². The summed E-state index contributed by atoms with van der Waals surface area (Å²) in [6.45, 7) is 1.88. The number of anilines is 1. The highest BCUT2D eigenvalue weighted by Gasteiger charge is 2.17. The second kappa shape index (κ2) is 9.65. The summed E-state index contributed by atoms with van der Waals surface area (Å²) >= 11 is 1.34. The number of nitrogens with zero attached hydrogens (tertiary/aromatic N) is 1. The summed E-state index contributed by atoms with van der Waals surface area (Å²) in [7, 11) is -3.75. The fourth-order valence-electron chi connectivity index (χ4n) is 3.05. The normalized spacial score (nSPS) is 11.5. The van der Waals surface area contributed by atoms with Gasteiger partial charge < -0.3 is 4.42 Å². The molecule has 10 heteroatoms. The zero-order valence-electron chi connectivity index (χ0n) is 17.5. The van der Waals surface area contributed by atoms with Crippen molar-refractivity contribution in [3.8, 4) is 0 Å². The van der Waals surface area contributed by atoms with Crippen LogP contribution in [0.1, 0.15) is 32.3 Å². The number of hydrogen-bond donors (Lipinski definition) is 2. The lowest BCUT2D eigenvalue weighted by Crippen LogP contribution is -2.23. The Balaban J connectivity index is 1.40. The third-order valence-corrected chi connectivity index (χ3v) is 7.32. The van der Waals surface area contributed by atoms with Gasteiger partial charge in [-0.2, -0.15) is 0 Å². The summed E-state index contributed by atoms with van der Waals surface area (Å²) in [6.07, 6.45) is 2.05. The maximum atomic E-state index is 13.1. The molecule has 2 N–H and O–H groups in total. The third kappa shape index (κ3) is 5.72. The Morgan fingerprint density at radius 3 is 2.48 bits per heavy atom. The zero-order valence-corrected chi connectivity index (χ0v) is 19.2. The summed E-state index contributed by atoms with van der Waals surface area (Å²) in [5.41, 5.74) is 2.02. The molecule has 2 heterocycles. The van der Waals surface area contributed by atoms with E-state index in [0.717, 1.165) is 16.1 Å². The summed E-state index contributed by atoms with van der Waals surface area (Å²) in [4.78, 5) is 18.0. The molecule has 0 spiro atoms. The molecule has 4 aromatic rings. The van der Waals surface area contributed by atoms with Crippen molar-refractivity contribution in [1.29, 1.82) is 0 Å². The van der Waals surface area contributed by atoms with E-state index < -0.39 is 15.9 Å². The van der Waals surface area contributed by atoms with Crippen LogP contribution in [0.5, 0.6) is 0 Å². The van der Waals surface area contributed by atoms with Gasteiger partial charge in [0, 0.05) is 16.9 Å². The van der Waals surface area contributed by atoms with Crippen molar-refractivity contribution >= 4 is 32.4 Å². The van der Waals surface area contributed by atoms with Crippen LogP contribution in [0, 0.1) is 12.7 Å². The minimum Gasteiger partial charge on any atom is -0.468 e. The van der Waals surface area contributed by atoms with E-state index in [2.05, 4.69) is 15.0 Å². The molecule has 170 valence electrons. The quantitative estimate of drug-likeness (QED) is 0.383. The summed E-state index contributed by atoms with van der Waals surface area (Å²) in [5.74, 6) is -0.198. The summed E-state index contributed by atoms with van der Waals surface area (Å²) in [5, 5.41) is 3.18. The molecule has 7 nitrogen and oxygen atoms in total. The molecule has 0 atom stereocenters. The number of furan rings is 1. The number of nitrogens with one attached hydrogen (secondary N) is 2. The van der Waals surface area contributed by atoms with Gasteiger partial charge >= 0.3 is 0 Å². The molecule has 0 radical (unpaired) electrons. The number of sulfonamides is 1. The molecule has 0 saturated carbocycles. The van der Waals surface area contributed by atoms with Crippen molar-refractivity contribution in [3.05, 3.63) is 100 Å². The van der Waals surface area contributed by atoms with E-state index in [0.29, 0.717) is 22.9 Å². The molecule has 0 bridgehead atoms. The topological polar surface area (TPSA) is 101 Å². The molecule has 4 rings (SSSR count). The number of halogens is 1. The summed E-state index contributed by atoms with van der Waals surface area (Å²) in [6, 6.07) is 15.2. The van der Waals surface area contributed by atoms with Crippen LogP contribution >= 0.6 is 11.3 Å². The number of carbonyl (C=O) groups is 1. The van der Waals surface area contributed by atoms with Crippen LogP contribution in [0.25, 0.3) is 0 Å². The standard InChI is InChI=1S/C23H20FN3O4S2/c1-15-21(13-16-4-8-18(24)9-5-16)32-23(26-15)27-22(28)17-6-10-20(11-7-17)33(29,30)25-14-19-3-2-12-31-19/h2-12,25H,13-14H2,1H3,(H,26,27,28). The number of benzene rings is 2. The number of carbonyl (C=O) groups excluding carboxylic acids is 1. The first-order valence-electron chi connectivity index (χ1n) is 9.94. The van der Waals surface area contributed by atoms with Gasteiger partial charge in [-0.25, -0.2) is 22.5 Å². The SMILES string of the molecule is Cc1nc(NC(=O)c2ccc(S(=O)(=O)NCc3ccco3)cc2)sc1Cc1ccc(F)cc1. The predicted molar refractivity (Wildman–Crippen MR) is 123 cm³/mol. The average molecular weight is 486 g/mol. The monoisotopic (exact) mass is 485 g/mol. The van der Waals surface area contributed by atoms with E-state index in [9.17, 15) is 17.6 Å². The first-order chi connectivity index (χ1) is 15.8. The van der Waals surface area contributed by atoms with E-state index >= 15 is 0 Å². The minimum absolute atomic E-state index is 0.0290. The number of thiazole rings is 1. The predicted octanol–water partition coefficient (Wildman–Crippen LogP) is 4.51. The van der Waals surface area contributed by atoms with E-state index in [1.165, 1.54) is 54.0 Å². The van der Waals surface area contributed by atoms with Crippen LogP contribution in [0.3, 0.4) is 0 Å². The lowest BCUT2D eigenvalue weighted by molar-refractivity contribution is 0.102. The lowest BCUT2D eigenvalue weighted by atomic mass is 10.1. The van der Waals surface area contributed by atoms with E-state index in [4.69, 9.17) is 4.42 Å². The van der Waals surface area contributed by atoms with Crippen molar-refractivity contribution in [2.45, 2.75) is 24.8 Å². The molecule has 0 aliphatic heterocycles. The maximum absolute atomic E-state index is 13.1. The Labute approximate surface area is 194 Å². The number of rotatable bonds is 8. The van der Waals surface area contributed by atoms with Crippen molar-refractivity contribution < 1.29 is 22.0 Å². The van der Waals surface area contributed by atoms with Gasteiger partial charge in [-0.05, 0) is 61.0 Å². The molecular formula is C23H20FN3O4S2. The molecule has 0 unspecified atom stereocenters. The van der Waals surface area contributed by atoms with Gasteiger partial charge in [0.15, 0.2) is 5.13 Å². The van der Waals surface area contributed by atoms with Crippen molar-refractivity contribution in [2.75, 3.05) is 5.32 Å². The number of aromatic nitrogens is 1. The fraction of sp³-hybridized carbons (Fsp3) is 0.130. The Hall–Kier alpha value is -3.34. The van der Waals surface area contributed by atoms with Gasteiger partial charge in [0.2, 0.25) is 10.0 Å². The molecule has 0 aliphatic rings. The lowest BCUT2D eigenvalue weighted by Gasteiger charge is -2.07. The van der Waals surface area contributed by atoms with Gasteiger partial charge in [0.1, 0.15) is 11.6 Å². The first-order valence-corrected chi connectivity index (χ1v) is 12.2. The molecule has 1 amide bonds. The molecule has 0 saturated heterocycles. The van der Waals surface area contributed by atoms with E-state index in [-0.39, 0.29) is 17.3 Å². The third-order valence-electron chi connectivity index (χ3n) is 4.83. The summed E-state index contributed by atoms with van der Waals surface area (Å²) < 4.78 is 45.5. The highest BCUT2D eigenvalue weighted by molar-refractivity contribution is 7.89. The number of aryl methyl sites for hydroxylation is 1. The fourth-order valence-corrected chi connectivity index (χ4v) is 5.04. The second-order valence-electron chi connectivity index (χ2n) is 7.21. The molecule has 0 fully saturated rings. The van der Waals surface area contributed by atoms with Crippen LogP contribution < -0.4 is 10.0 Å². The smallest absolute Gasteiger partial charge is 0.257 e. The zero-order chi connectivity index (χ0) is 23.4. The van der Waals surface area contributed by atoms with Crippen LogP contribution in [0.4, 0.5) is 9.52 Å². The Morgan fingerprint density at radius 2 is 1.82 bits per heavy atom. The number of amides is 1. The molecule has 33 heavy (non-hydrogen) atoms. The average Bonchev–Trinajstić information content (AvgIpc) is 3.44. The Bertz CT molecular complexity index is 1350. The Morgan fingerprint density at radius 1 is 1.09 bits per heavy atom. The van der Waals surface area contributed by atoms with Crippen molar-refractivity contribution in [3.63, 3.8) is 0 Å². The molecule has 2 aromatic heterocycles. The van der Waals surface area contributed by atoms with Crippen LogP contribution in [0.15, 0.2) is 76.2 Å².